The van der Waals surface area contributed by atoms with Crippen molar-refractivity contribution in [2.75, 3.05) is 13.1 Å². The number of carbonyl (C=O) groups is 1. The van der Waals surface area contributed by atoms with Crippen molar-refractivity contribution >= 4 is 6.03 Å². The van der Waals surface area contributed by atoms with Gasteiger partial charge < -0.3 is 15.3 Å². The standard InChI is InChI=1S/C11H22N2O2/c1-9(14)11(2,3)12-10(15)13-7-5-4-6-8-13/h9,14H,4-8H2,1-3H3,(H,12,15). The Kier molecular flexibility index (Phi) is 3.97. The maximum Gasteiger partial charge on any atom is 0.317 e. The summed E-state index contributed by atoms with van der Waals surface area (Å²) in [6.45, 7) is 7.03. The number of aliphatic hydroxyl groups is 1. The number of piperidine rings is 1. The molecule has 1 atom stereocenters. The Bertz CT molecular complexity index is 221. The van der Waals surface area contributed by atoms with Gasteiger partial charge in [-0.2, -0.15) is 0 Å². The van der Waals surface area contributed by atoms with Crippen molar-refractivity contribution < 1.29 is 9.90 Å². The van der Waals surface area contributed by atoms with E-state index in [1.807, 2.05) is 18.7 Å². The molecule has 0 saturated carbocycles. The molecule has 2 amide bonds. The van der Waals surface area contributed by atoms with E-state index >= 15 is 0 Å². The smallest absolute Gasteiger partial charge is 0.317 e. The van der Waals surface area contributed by atoms with Gasteiger partial charge in [-0.05, 0) is 40.0 Å². The van der Waals surface area contributed by atoms with E-state index in [4.69, 9.17) is 0 Å². The van der Waals surface area contributed by atoms with Crippen LogP contribution >= 0.6 is 0 Å². The molecule has 0 aromatic heterocycles. The minimum absolute atomic E-state index is 0.0550. The molecule has 0 aliphatic carbocycles. The third kappa shape index (κ3) is 3.38. The molecule has 0 aromatic carbocycles. The number of rotatable bonds is 2. The summed E-state index contributed by atoms with van der Waals surface area (Å²) in [7, 11) is 0. The van der Waals surface area contributed by atoms with Gasteiger partial charge in [-0.3, -0.25) is 0 Å². The van der Waals surface area contributed by atoms with Crippen molar-refractivity contribution in [3.63, 3.8) is 0 Å². The minimum Gasteiger partial charge on any atom is -0.391 e. The van der Waals surface area contributed by atoms with Crippen molar-refractivity contribution in [3.05, 3.63) is 0 Å². The lowest BCUT2D eigenvalue weighted by Crippen LogP contribution is -2.55. The summed E-state index contributed by atoms with van der Waals surface area (Å²) in [6.07, 6.45) is 2.83. The molecule has 88 valence electrons. The zero-order valence-corrected chi connectivity index (χ0v) is 9.92. The molecule has 1 unspecified atom stereocenters. The van der Waals surface area contributed by atoms with Crippen LogP contribution in [-0.4, -0.2) is 40.8 Å². The Balaban J connectivity index is 2.47. The number of carbonyl (C=O) groups excluding carboxylic acids is 1. The maximum atomic E-state index is 11.8. The largest absolute Gasteiger partial charge is 0.391 e. The highest BCUT2D eigenvalue weighted by atomic mass is 16.3. The van der Waals surface area contributed by atoms with Gasteiger partial charge in [0, 0.05) is 13.1 Å². The van der Waals surface area contributed by atoms with Crippen molar-refractivity contribution in [3.8, 4) is 0 Å². The SMILES string of the molecule is CC(O)C(C)(C)NC(=O)N1CCCCC1. The molecule has 2 N–H and O–H groups in total. The van der Waals surface area contributed by atoms with Crippen LogP contribution in [0.15, 0.2) is 0 Å². The summed E-state index contributed by atoms with van der Waals surface area (Å²) in [5.41, 5.74) is -0.561. The Morgan fingerprint density at radius 3 is 2.33 bits per heavy atom. The Hall–Kier alpha value is -0.770. The molecule has 0 spiro atoms. The van der Waals surface area contributed by atoms with Crippen LogP contribution in [0.3, 0.4) is 0 Å². The summed E-state index contributed by atoms with van der Waals surface area (Å²) < 4.78 is 0. The Labute approximate surface area is 91.6 Å². The fourth-order valence-electron chi connectivity index (χ4n) is 1.56. The molecule has 0 bridgehead atoms. The number of hydrogen-bond acceptors (Lipinski definition) is 2. The van der Waals surface area contributed by atoms with Crippen molar-refractivity contribution in [2.45, 2.75) is 51.7 Å². The van der Waals surface area contributed by atoms with Crippen LogP contribution in [0.2, 0.25) is 0 Å². The topological polar surface area (TPSA) is 52.6 Å². The molecule has 4 nitrogen and oxygen atoms in total. The summed E-state index contributed by atoms with van der Waals surface area (Å²) in [4.78, 5) is 13.6. The van der Waals surface area contributed by atoms with E-state index in [0.717, 1.165) is 25.9 Å². The van der Waals surface area contributed by atoms with Gasteiger partial charge in [0.1, 0.15) is 0 Å². The van der Waals surface area contributed by atoms with E-state index in [-0.39, 0.29) is 6.03 Å². The third-order valence-electron chi connectivity index (χ3n) is 3.12. The highest BCUT2D eigenvalue weighted by Gasteiger charge is 2.28. The first kappa shape index (κ1) is 12.3. The van der Waals surface area contributed by atoms with Crippen molar-refractivity contribution in [1.82, 2.24) is 10.2 Å². The van der Waals surface area contributed by atoms with Crippen LogP contribution in [0, 0.1) is 0 Å². The second kappa shape index (κ2) is 4.84. The molecule has 15 heavy (non-hydrogen) atoms. The first-order chi connectivity index (χ1) is 6.93. The van der Waals surface area contributed by atoms with Gasteiger partial charge in [0.2, 0.25) is 0 Å². The van der Waals surface area contributed by atoms with Gasteiger partial charge in [-0.25, -0.2) is 4.79 Å². The number of amides is 2. The van der Waals surface area contributed by atoms with Crippen molar-refractivity contribution in [1.29, 1.82) is 0 Å². The highest BCUT2D eigenvalue weighted by molar-refractivity contribution is 5.75. The number of hydrogen-bond donors (Lipinski definition) is 2. The molecule has 0 aromatic rings. The minimum atomic E-state index is -0.561. The lowest BCUT2D eigenvalue weighted by Gasteiger charge is -2.34. The second-order valence-corrected chi connectivity index (χ2v) is 4.88. The number of nitrogens with one attached hydrogen (secondary N) is 1. The first-order valence-electron chi connectivity index (χ1n) is 5.68. The van der Waals surface area contributed by atoms with E-state index in [9.17, 15) is 9.90 Å². The van der Waals surface area contributed by atoms with Gasteiger partial charge in [0.15, 0.2) is 0 Å². The molecule has 1 rings (SSSR count). The number of urea groups is 1. The van der Waals surface area contributed by atoms with E-state index in [2.05, 4.69) is 5.32 Å². The van der Waals surface area contributed by atoms with Crippen molar-refractivity contribution in [2.24, 2.45) is 0 Å². The molecular weight excluding hydrogens is 192 g/mol. The molecular formula is C11H22N2O2. The molecule has 1 heterocycles. The van der Waals surface area contributed by atoms with Crippen LogP contribution in [0.5, 0.6) is 0 Å². The summed E-state index contributed by atoms with van der Waals surface area (Å²) in [6, 6.07) is -0.0550. The third-order valence-corrected chi connectivity index (χ3v) is 3.12. The average molecular weight is 214 g/mol. The van der Waals surface area contributed by atoms with Crippen LogP contribution in [-0.2, 0) is 0 Å². The first-order valence-corrected chi connectivity index (χ1v) is 5.68. The number of likely N-dealkylation sites (tertiary alicyclic amines) is 1. The maximum absolute atomic E-state index is 11.8. The lowest BCUT2D eigenvalue weighted by molar-refractivity contribution is 0.0931. The van der Waals surface area contributed by atoms with E-state index < -0.39 is 11.6 Å². The van der Waals surface area contributed by atoms with E-state index in [0.29, 0.717) is 0 Å². The van der Waals surface area contributed by atoms with Gasteiger partial charge >= 0.3 is 6.03 Å². The second-order valence-electron chi connectivity index (χ2n) is 4.88. The Morgan fingerprint density at radius 2 is 1.87 bits per heavy atom. The van der Waals surface area contributed by atoms with Crippen LogP contribution in [0.4, 0.5) is 4.79 Å². The predicted octanol–water partition coefficient (Wildman–Crippen LogP) is 1.34. The monoisotopic (exact) mass is 214 g/mol. The predicted molar refractivity (Wildman–Crippen MR) is 59.7 cm³/mol. The summed E-state index contributed by atoms with van der Waals surface area (Å²) >= 11 is 0. The summed E-state index contributed by atoms with van der Waals surface area (Å²) in [5, 5.41) is 12.4. The van der Waals surface area contributed by atoms with Gasteiger partial charge in [0.05, 0.1) is 11.6 Å². The number of aliphatic hydroxyl groups excluding tert-OH is 1. The average Bonchev–Trinajstić information content (AvgIpc) is 2.18. The van der Waals surface area contributed by atoms with Gasteiger partial charge in [-0.15, -0.1) is 0 Å². The Morgan fingerprint density at radius 1 is 1.33 bits per heavy atom. The molecule has 1 aliphatic rings. The molecule has 0 radical (unpaired) electrons. The van der Waals surface area contributed by atoms with E-state index in [1.54, 1.807) is 6.92 Å². The zero-order valence-electron chi connectivity index (χ0n) is 9.92. The van der Waals surface area contributed by atoms with Crippen LogP contribution in [0.1, 0.15) is 40.0 Å². The van der Waals surface area contributed by atoms with Gasteiger partial charge in [-0.1, -0.05) is 0 Å². The fraction of sp³-hybridized carbons (Fsp3) is 0.909. The van der Waals surface area contributed by atoms with Crippen LogP contribution in [0.25, 0.3) is 0 Å². The highest BCUT2D eigenvalue weighted by Crippen LogP contribution is 2.12. The molecule has 1 fully saturated rings. The number of nitrogens with zero attached hydrogens (tertiary/aromatic N) is 1. The molecule has 4 heteroatoms. The van der Waals surface area contributed by atoms with E-state index in [1.165, 1.54) is 6.42 Å². The lowest BCUT2D eigenvalue weighted by atomic mass is 9.99. The van der Waals surface area contributed by atoms with Crippen LogP contribution < -0.4 is 5.32 Å². The molecule has 1 saturated heterocycles. The quantitative estimate of drug-likeness (QED) is 0.729. The normalized spacial score (nSPS) is 19.9. The fourth-order valence-corrected chi connectivity index (χ4v) is 1.56. The summed E-state index contributed by atoms with van der Waals surface area (Å²) in [5.74, 6) is 0. The zero-order chi connectivity index (χ0) is 11.5. The van der Waals surface area contributed by atoms with Gasteiger partial charge in [0.25, 0.3) is 0 Å². The molecule has 1 aliphatic heterocycles.